The van der Waals surface area contributed by atoms with E-state index in [2.05, 4.69) is 10.3 Å². The number of amides is 2. The van der Waals surface area contributed by atoms with Crippen molar-refractivity contribution in [1.82, 2.24) is 19.9 Å². The summed E-state index contributed by atoms with van der Waals surface area (Å²) in [6, 6.07) is 11.6. The van der Waals surface area contributed by atoms with Crippen LogP contribution in [0.1, 0.15) is 11.3 Å². The molecule has 0 atom stereocenters. The molecule has 2 heterocycles. The van der Waals surface area contributed by atoms with Crippen LogP contribution in [0.5, 0.6) is 0 Å². The highest BCUT2D eigenvalue weighted by Gasteiger charge is 2.33. The van der Waals surface area contributed by atoms with Crippen LogP contribution in [-0.2, 0) is 22.7 Å². The summed E-state index contributed by atoms with van der Waals surface area (Å²) in [5.41, 5.74) is 1.74. The number of piperazine rings is 1. The Kier molecular flexibility index (Phi) is 5.03. The number of anilines is 1. The summed E-state index contributed by atoms with van der Waals surface area (Å²) >= 11 is 0. The number of hydrogen-bond donors (Lipinski definition) is 0. The standard InChI is InChI=1S/C20H17F2N5O2/c21-15-4-6-18(7-5-15)27-9-8-25(19(28)20(27)29)12-17-13-26(24-23-17)11-14-2-1-3-16(22)10-14/h1-7,10,13H,8-9,11-12H2. The first kappa shape index (κ1) is 18.7. The molecule has 2 aromatic carbocycles. The lowest BCUT2D eigenvalue weighted by atomic mass is 10.2. The predicted octanol–water partition coefficient (Wildman–Crippen LogP) is 1.98. The molecule has 0 bridgehead atoms. The Balaban J connectivity index is 1.40. The van der Waals surface area contributed by atoms with Crippen LogP contribution in [0.2, 0.25) is 0 Å². The van der Waals surface area contributed by atoms with Gasteiger partial charge in [-0.3, -0.25) is 9.59 Å². The largest absolute Gasteiger partial charge is 0.327 e. The Morgan fingerprint density at radius 2 is 1.69 bits per heavy atom. The van der Waals surface area contributed by atoms with Crippen molar-refractivity contribution in [2.75, 3.05) is 18.0 Å². The topological polar surface area (TPSA) is 71.3 Å². The van der Waals surface area contributed by atoms with Gasteiger partial charge in [-0.15, -0.1) is 5.10 Å². The van der Waals surface area contributed by atoms with Gasteiger partial charge in [0.15, 0.2) is 0 Å². The maximum atomic E-state index is 13.3. The van der Waals surface area contributed by atoms with Gasteiger partial charge in [-0.1, -0.05) is 17.3 Å². The number of aromatic nitrogens is 3. The van der Waals surface area contributed by atoms with E-state index in [-0.39, 0.29) is 12.4 Å². The van der Waals surface area contributed by atoms with E-state index in [1.165, 1.54) is 46.2 Å². The summed E-state index contributed by atoms with van der Waals surface area (Å²) in [7, 11) is 0. The highest BCUT2D eigenvalue weighted by molar-refractivity contribution is 6.40. The minimum atomic E-state index is -0.671. The zero-order valence-corrected chi connectivity index (χ0v) is 15.3. The predicted molar refractivity (Wildman–Crippen MR) is 99.7 cm³/mol. The summed E-state index contributed by atoms with van der Waals surface area (Å²) < 4.78 is 27.9. The molecule has 1 aliphatic rings. The van der Waals surface area contributed by atoms with E-state index in [1.807, 2.05) is 0 Å². The first-order chi connectivity index (χ1) is 14.0. The van der Waals surface area contributed by atoms with Gasteiger partial charge in [-0.2, -0.15) is 0 Å². The number of rotatable bonds is 5. The number of halogens is 2. The van der Waals surface area contributed by atoms with Gasteiger partial charge in [0, 0.05) is 18.8 Å². The van der Waals surface area contributed by atoms with E-state index >= 15 is 0 Å². The molecule has 0 radical (unpaired) electrons. The summed E-state index contributed by atoms with van der Waals surface area (Å²) in [5.74, 6) is -2.06. The smallest absolute Gasteiger partial charge is 0.316 e. The monoisotopic (exact) mass is 397 g/mol. The summed E-state index contributed by atoms with van der Waals surface area (Å²) in [6.45, 7) is 1.10. The fraction of sp³-hybridized carbons (Fsp3) is 0.200. The van der Waals surface area contributed by atoms with Gasteiger partial charge in [0.1, 0.15) is 17.3 Å². The second-order valence-electron chi connectivity index (χ2n) is 6.70. The molecule has 0 unspecified atom stereocenters. The van der Waals surface area contributed by atoms with Crippen molar-refractivity contribution in [3.63, 3.8) is 0 Å². The van der Waals surface area contributed by atoms with Crippen molar-refractivity contribution < 1.29 is 18.4 Å². The second kappa shape index (κ2) is 7.78. The molecule has 1 fully saturated rings. The van der Waals surface area contributed by atoms with Crippen LogP contribution in [0, 0.1) is 11.6 Å². The molecule has 148 valence electrons. The fourth-order valence-corrected chi connectivity index (χ4v) is 3.20. The lowest BCUT2D eigenvalue weighted by Crippen LogP contribution is -2.54. The third-order valence-electron chi connectivity index (χ3n) is 4.62. The number of hydrogen-bond acceptors (Lipinski definition) is 4. The molecule has 3 aromatic rings. The van der Waals surface area contributed by atoms with E-state index in [0.29, 0.717) is 31.0 Å². The lowest BCUT2D eigenvalue weighted by molar-refractivity contribution is -0.146. The summed E-state index contributed by atoms with van der Waals surface area (Å²) in [4.78, 5) is 27.7. The van der Waals surface area contributed by atoms with E-state index in [1.54, 1.807) is 23.0 Å². The third-order valence-corrected chi connectivity index (χ3v) is 4.62. The van der Waals surface area contributed by atoms with Gasteiger partial charge < -0.3 is 9.80 Å². The maximum absolute atomic E-state index is 13.3. The van der Waals surface area contributed by atoms with E-state index in [0.717, 1.165) is 5.56 Å². The van der Waals surface area contributed by atoms with Crippen LogP contribution in [0.4, 0.5) is 14.5 Å². The molecule has 1 aliphatic heterocycles. The first-order valence-corrected chi connectivity index (χ1v) is 8.99. The number of carbonyl (C=O) groups is 2. The second-order valence-corrected chi connectivity index (χ2v) is 6.70. The molecule has 2 amide bonds. The molecule has 0 saturated carbocycles. The van der Waals surface area contributed by atoms with E-state index < -0.39 is 17.6 Å². The van der Waals surface area contributed by atoms with Crippen molar-refractivity contribution in [2.45, 2.75) is 13.1 Å². The Bertz CT molecular complexity index is 1050. The van der Waals surface area contributed by atoms with Crippen LogP contribution in [0.25, 0.3) is 0 Å². The Labute approximate surface area is 165 Å². The number of nitrogens with zero attached hydrogens (tertiary/aromatic N) is 5. The molecule has 0 spiro atoms. The van der Waals surface area contributed by atoms with Crippen molar-refractivity contribution in [3.8, 4) is 0 Å². The normalized spacial score (nSPS) is 14.6. The zero-order chi connectivity index (χ0) is 20.4. The molecular formula is C20H17F2N5O2. The summed E-state index contributed by atoms with van der Waals surface area (Å²) in [6.07, 6.45) is 1.66. The van der Waals surface area contributed by atoms with Crippen molar-refractivity contribution in [1.29, 1.82) is 0 Å². The molecule has 4 rings (SSSR count). The van der Waals surface area contributed by atoms with Gasteiger partial charge in [-0.05, 0) is 42.0 Å². The molecule has 1 saturated heterocycles. The minimum absolute atomic E-state index is 0.144. The third kappa shape index (κ3) is 4.13. The van der Waals surface area contributed by atoms with Crippen molar-refractivity contribution in [2.24, 2.45) is 0 Å². The van der Waals surface area contributed by atoms with Crippen molar-refractivity contribution >= 4 is 17.5 Å². The molecular weight excluding hydrogens is 380 g/mol. The van der Waals surface area contributed by atoms with Gasteiger partial charge >= 0.3 is 11.8 Å². The molecule has 0 N–H and O–H groups in total. The molecule has 9 heteroatoms. The Morgan fingerprint density at radius 3 is 2.45 bits per heavy atom. The SMILES string of the molecule is O=C1C(=O)N(c2ccc(F)cc2)CCN1Cc1cn(Cc2cccc(F)c2)nn1. The molecule has 1 aromatic heterocycles. The first-order valence-electron chi connectivity index (χ1n) is 8.99. The number of carbonyl (C=O) groups excluding carboxylic acids is 2. The molecule has 0 aliphatic carbocycles. The molecule has 7 nitrogen and oxygen atoms in total. The fourth-order valence-electron chi connectivity index (χ4n) is 3.20. The van der Waals surface area contributed by atoms with Crippen molar-refractivity contribution in [3.05, 3.63) is 77.6 Å². The maximum Gasteiger partial charge on any atom is 0.316 e. The lowest BCUT2D eigenvalue weighted by Gasteiger charge is -2.33. The van der Waals surface area contributed by atoms with Gasteiger partial charge in [0.25, 0.3) is 0 Å². The highest BCUT2D eigenvalue weighted by atomic mass is 19.1. The zero-order valence-electron chi connectivity index (χ0n) is 15.3. The Hall–Kier alpha value is -3.62. The van der Waals surface area contributed by atoms with Crippen LogP contribution < -0.4 is 4.90 Å². The van der Waals surface area contributed by atoms with Crippen LogP contribution in [0.15, 0.2) is 54.7 Å². The van der Waals surface area contributed by atoms with Gasteiger partial charge in [-0.25, -0.2) is 13.5 Å². The average molecular weight is 397 g/mol. The Morgan fingerprint density at radius 1 is 0.897 bits per heavy atom. The number of benzene rings is 2. The average Bonchev–Trinajstić information content (AvgIpc) is 3.13. The highest BCUT2D eigenvalue weighted by Crippen LogP contribution is 2.19. The van der Waals surface area contributed by atoms with Crippen LogP contribution >= 0.6 is 0 Å². The van der Waals surface area contributed by atoms with E-state index in [4.69, 9.17) is 0 Å². The van der Waals surface area contributed by atoms with E-state index in [9.17, 15) is 18.4 Å². The molecule has 29 heavy (non-hydrogen) atoms. The minimum Gasteiger partial charge on any atom is -0.327 e. The summed E-state index contributed by atoms with van der Waals surface area (Å²) in [5, 5.41) is 8.03. The van der Waals surface area contributed by atoms with Crippen LogP contribution in [-0.4, -0.2) is 44.8 Å². The van der Waals surface area contributed by atoms with Gasteiger partial charge in [0.2, 0.25) is 0 Å². The van der Waals surface area contributed by atoms with Crippen LogP contribution in [0.3, 0.4) is 0 Å². The quantitative estimate of drug-likeness (QED) is 0.618. The van der Waals surface area contributed by atoms with Gasteiger partial charge in [0.05, 0.1) is 19.3 Å².